The smallest absolute Gasteiger partial charge is 0.255 e. The Labute approximate surface area is 141 Å². The molecule has 0 aliphatic heterocycles. The van der Waals surface area contributed by atoms with Gasteiger partial charge in [-0.2, -0.15) is 0 Å². The largest absolute Gasteiger partial charge is 0.336 e. The summed E-state index contributed by atoms with van der Waals surface area (Å²) in [5, 5.41) is 0.523. The van der Waals surface area contributed by atoms with Crippen LogP contribution in [0, 0.1) is 5.92 Å². The summed E-state index contributed by atoms with van der Waals surface area (Å²) in [5.74, 6) is 0.675. The van der Waals surface area contributed by atoms with Crippen LogP contribution in [0.4, 0.5) is 0 Å². The highest BCUT2D eigenvalue weighted by molar-refractivity contribution is 9.10. The molecule has 4 heteroatoms. The van der Waals surface area contributed by atoms with E-state index >= 15 is 0 Å². The second-order valence-corrected chi connectivity index (χ2v) is 7.45. The van der Waals surface area contributed by atoms with E-state index in [1.165, 1.54) is 12.8 Å². The van der Waals surface area contributed by atoms with Crippen molar-refractivity contribution >= 4 is 33.4 Å². The summed E-state index contributed by atoms with van der Waals surface area (Å²) in [6, 6.07) is 5.95. The normalized spacial score (nSPS) is 15.7. The van der Waals surface area contributed by atoms with Gasteiger partial charge in [-0.15, -0.1) is 0 Å². The van der Waals surface area contributed by atoms with Gasteiger partial charge in [0.2, 0.25) is 0 Å². The van der Waals surface area contributed by atoms with Gasteiger partial charge < -0.3 is 4.90 Å². The lowest BCUT2D eigenvalue weighted by molar-refractivity contribution is 0.0672. The van der Waals surface area contributed by atoms with E-state index in [0.717, 1.165) is 30.3 Å². The Morgan fingerprint density at radius 3 is 2.67 bits per heavy atom. The molecule has 0 N–H and O–H groups in total. The third kappa shape index (κ3) is 4.23. The molecule has 0 bridgehead atoms. The molecule has 1 fully saturated rings. The van der Waals surface area contributed by atoms with E-state index in [1.54, 1.807) is 0 Å². The number of carbonyl (C=O) groups is 1. The molecule has 1 aliphatic carbocycles. The summed E-state index contributed by atoms with van der Waals surface area (Å²) in [4.78, 5) is 15.0. The Hall–Kier alpha value is -0.540. The highest BCUT2D eigenvalue weighted by atomic mass is 79.9. The minimum absolute atomic E-state index is 0.0776. The molecule has 1 aliphatic rings. The molecule has 0 unspecified atom stereocenters. The SMILES string of the molecule is CC(C)CCN(C(=O)c1cccc(Br)c1Cl)C1CCCC1. The number of hydrogen-bond acceptors (Lipinski definition) is 1. The molecule has 1 saturated carbocycles. The average Bonchev–Trinajstić information content (AvgIpc) is 2.95. The van der Waals surface area contributed by atoms with Crippen molar-refractivity contribution in [1.29, 1.82) is 0 Å². The molecule has 0 radical (unpaired) electrons. The van der Waals surface area contributed by atoms with E-state index in [0.29, 0.717) is 22.5 Å². The van der Waals surface area contributed by atoms with Crippen molar-refractivity contribution in [3.05, 3.63) is 33.3 Å². The van der Waals surface area contributed by atoms with Crippen LogP contribution in [0.5, 0.6) is 0 Å². The Morgan fingerprint density at radius 1 is 1.38 bits per heavy atom. The molecule has 0 atom stereocenters. The highest BCUT2D eigenvalue weighted by Crippen LogP contribution is 2.30. The van der Waals surface area contributed by atoms with Crippen LogP contribution in [0.3, 0.4) is 0 Å². The first kappa shape index (κ1) is 16.8. The molecule has 0 saturated heterocycles. The molecular formula is C17H23BrClNO. The number of benzene rings is 1. The van der Waals surface area contributed by atoms with E-state index in [9.17, 15) is 4.79 Å². The van der Waals surface area contributed by atoms with Crippen molar-refractivity contribution in [2.75, 3.05) is 6.54 Å². The average molecular weight is 373 g/mol. The zero-order chi connectivity index (χ0) is 15.4. The van der Waals surface area contributed by atoms with Gasteiger partial charge in [0.1, 0.15) is 0 Å². The van der Waals surface area contributed by atoms with Crippen LogP contribution >= 0.6 is 27.5 Å². The first-order chi connectivity index (χ1) is 10.0. The summed E-state index contributed by atoms with van der Waals surface area (Å²) in [6.45, 7) is 5.22. The topological polar surface area (TPSA) is 20.3 Å². The van der Waals surface area contributed by atoms with E-state index in [2.05, 4.69) is 34.7 Å². The lowest BCUT2D eigenvalue weighted by atomic mass is 10.1. The predicted octanol–water partition coefficient (Wildman–Crippen LogP) is 5.53. The summed E-state index contributed by atoms with van der Waals surface area (Å²) >= 11 is 9.71. The molecule has 2 rings (SSSR count). The Morgan fingerprint density at radius 2 is 2.05 bits per heavy atom. The maximum Gasteiger partial charge on any atom is 0.255 e. The third-order valence-corrected chi connectivity index (χ3v) is 5.45. The maximum atomic E-state index is 12.9. The van der Waals surface area contributed by atoms with Gasteiger partial charge in [0, 0.05) is 17.1 Å². The van der Waals surface area contributed by atoms with Gasteiger partial charge in [-0.1, -0.05) is 44.4 Å². The Balaban J connectivity index is 2.22. The first-order valence-electron chi connectivity index (χ1n) is 7.75. The maximum absolute atomic E-state index is 12.9. The molecule has 0 spiro atoms. The quantitative estimate of drug-likeness (QED) is 0.665. The van der Waals surface area contributed by atoms with Crippen LogP contribution in [-0.2, 0) is 0 Å². The number of amides is 1. The van der Waals surface area contributed by atoms with Crippen LogP contribution in [0.2, 0.25) is 5.02 Å². The van der Waals surface area contributed by atoms with Crippen molar-refractivity contribution in [3.63, 3.8) is 0 Å². The standard InChI is InChI=1S/C17H23BrClNO/c1-12(2)10-11-20(13-6-3-4-7-13)17(21)14-8-5-9-15(18)16(14)19/h5,8-9,12-13H,3-4,6-7,10-11H2,1-2H3. The van der Waals surface area contributed by atoms with Gasteiger partial charge in [0.15, 0.2) is 0 Å². The fourth-order valence-electron chi connectivity index (χ4n) is 2.89. The highest BCUT2D eigenvalue weighted by Gasteiger charge is 2.28. The summed E-state index contributed by atoms with van der Waals surface area (Å²) in [5.41, 5.74) is 0.613. The van der Waals surface area contributed by atoms with Gasteiger partial charge >= 0.3 is 0 Å². The lowest BCUT2D eigenvalue weighted by Crippen LogP contribution is -2.40. The molecule has 1 aromatic carbocycles. The minimum Gasteiger partial charge on any atom is -0.336 e. The molecule has 21 heavy (non-hydrogen) atoms. The van der Waals surface area contributed by atoms with Gasteiger partial charge in [-0.3, -0.25) is 4.79 Å². The Bertz CT molecular complexity index is 498. The van der Waals surface area contributed by atoms with Gasteiger partial charge in [-0.05, 0) is 53.2 Å². The number of carbonyl (C=O) groups excluding carboxylic acids is 1. The Kier molecular flexibility index (Phi) is 6.12. The zero-order valence-electron chi connectivity index (χ0n) is 12.7. The molecule has 2 nitrogen and oxygen atoms in total. The van der Waals surface area contributed by atoms with E-state index in [-0.39, 0.29) is 5.91 Å². The fourth-order valence-corrected chi connectivity index (χ4v) is 3.46. The van der Waals surface area contributed by atoms with Crippen LogP contribution < -0.4 is 0 Å². The van der Waals surface area contributed by atoms with E-state index < -0.39 is 0 Å². The third-order valence-electron chi connectivity index (χ3n) is 4.16. The number of rotatable bonds is 5. The van der Waals surface area contributed by atoms with Crippen molar-refractivity contribution < 1.29 is 4.79 Å². The van der Waals surface area contributed by atoms with Crippen molar-refractivity contribution in [2.24, 2.45) is 5.92 Å². The van der Waals surface area contributed by atoms with Crippen molar-refractivity contribution in [2.45, 2.75) is 52.0 Å². The monoisotopic (exact) mass is 371 g/mol. The molecule has 0 aromatic heterocycles. The van der Waals surface area contributed by atoms with Crippen LogP contribution in [0.1, 0.15) is 56.3 Å². The van der Waals surface area contributed by atoms with Gasteiger partial charge in [0.05, 0.1) is 10.6 Å². The number of halogens is 2. The van der Waals surface area contributed by atoms with Crippen LogP contribution in [0.15, 0.2) is 22.7 Å². The second kappa shape index (κ2) is 7.64. The number of hydrogen-bond donors (Lipinski definition) is 0. The predicted molar refractivity (Wildman–Crippen MR) is 91.9 cm³/mol. The first-order valence-corrected chi connectivity index (χ1v) is 8.92. The van der Waals surface area contributed by atoms with Gasteiger partial charge in [0.25, 0.3) is 5.91 Å². The minimum atomic E-state index is 0.0776. The number of nitrogens with zero attached hydrogens (tertiary/aromatic N) is 1. The molecule has 116 valence electrons. The van der Waals surface area contributed by atoms with Gasteiger partial charge in [-0.25, -0.2) is 0 Å². The summed E-state index contributed by atoms with van der Waals surface area (Å²) in [7, 11) is 0. The lowest BCUT2D eigenvalue weighted by Gasteiger charge is -2.30. The summed E-state index contributed by atoms with van der Waals surface area (Å²) in [6.07, 6.45) is 5.73. The molecular weight excluding hydrogens is 350 g/mol. The van der Waals surface area contributed by atoms with Crippen molar-refractivity contribution in [3.8, 4) is 0 Å². The van der Waals surface area contributed by atoms with Crippen LogP contribution in [0.25, 0.3) is 0 Å². The molecule has 0 heterocycles. The van der Waals surface area contributed by atoms with E-state index in [4.69, 9.17) is 11.6 Å². The molecule has 1 aromatic rings. The second-order valence-electron chi connectivity index (χ2n) is 6.22. The zero-order valence-corrected chi connectivity index (χ0v) is 15.1. The fraction of sp³-hybridized carbons (Fsp3) is 0.588. The summed E-state index contributed by atoms with van der Waals surface area (Å²) < 4.78 is 0.783. The van der Waals surface area contributed by atoms with E-state index in [1.807, 2.05) is 18.2 Å². The molecule has 1 amide bonds. The van der Waals surface area contributed by atoms with Crippen molar-refractivity contribution in [1.82, 2.24) is 4.90 Å². The van der Waals surface area contributed by atoms with Crippen LogP contribution in [-0.4, -0.2) is 23.4 Å².